The Hall–Kier alpha value is -3.13. The fourth-order valence-corrected chi connectivity index (χ4v) is 5.97. The van der Waals surface area contributed by atoms with Crippen LogP contribution in [0.5, 0.6) is 0 Å². The van der Waals surface area contributed by atoms with Crippen LogP contribution in [-0.4, -0.2) is 39.9 Å². The largest absolute Gasteiger partial charge is 0.352 e. The lowest BCUT2D eigenvalue weighted by atomic mass is 9.87. The molecule has 202 valence electrons. The van der Waals surface area contributed by atoms with Crippen molar-refractivity contribution in [3.8, 4) is 5.69 Å². The molecule has 38 heavy (non-hydrogen) atoms. The maximum absolute atomic E-state index is 14.4. The molecule has 3 aromatic rings. The van der Waals surface area contributed by atoms with Gasteiger partial charge >= 0.3 is 0 Å². The minimum absolute atomic E-state index is 0.00661. The third kappa shape index (κ3) is 5.65. The van der Waals surface area contributed by atoms with Gasteiger partial charge in [0.25, 0.3) is 0 Å². The Balaban J connectivity index is 2.02. The number of nitrogens with one attached hydrogen (secondary N) is 1. The first-order valence-electron chi connectivity index (χ1n) is 13.1. The Morgan fingerprint density at radius 3 is 2.58 bits per heavy atom. The number of thioether (sulfide) groups is 1. The highest BCUT2D eigenvalue weighted by atomic mass is 32.2. The fraction of sp³-hybridized carbons (Fsp3) is 0.433. The molecule has 2 amide bonds. The smallest absolute Gasteiger partial charge is 0.240 e. The zero-order chi connectivity index (χ0) is 27.8. The van der Waals surface area contributed by atoms with Gasteiger partial charge in [0.1, 0.15) is 18.2 Å². The Bertz CT molecular complexity index is 1360. The molecule has 2 heterocycles. The molecule has 0 bridgehead atoms. The highest BCUT2D eigenvalue weighted by molar-refractivity contribution is 8.00. The summed E-state index contributed by atoms with van der Waals surface area (Å²) in [7, 11) is 0. The number of hydrogen-bond donors (Lipinski definition) is 1. The number of aromatic nitrogens is 2. The van der Waals surface area contributed by atoms with Crippen LogP contribution in [0.25, 0.3) is 5.69 Å². The summed E-state index contributed by atoms with van der Waals surface area (Å²) in [6.07, 6.45) is 0.789. The average Bonchev–Trinajstić information content (AvgIpc) is 3.16. The predicted octanol–water partition coefficient (Wildman–Crippen LogP) is 6.01. The Labute approximate surface area is 229 Å². The molecule has 0 saturated heterocycles. The van der Waals surface area contributed by atoms with E-state index in [0.717, 1.165) is 40.1 Å². The van der Waals surface area contributed by atoms with Crippen molar-refractivity contribution in [3.05, 3.63) is 76.2 Å². The third-order valence-corrected chi connectivity index (χ3v) is 8.11. The van der Waals surface area contributed by atoms with Gasteiger partial charge in [-0.3, -0.25) is 14.5 Å². The van der Waals surface area contributed by atoms with E-state index in [9.17, 15) is 14.0 Å². The normalized spacial score (nSPS) is 16.7. The number of carbonyl (C=O) groups is 2. The highest BCUT2D eigenvalue weighted by Crippen LogP contribution is 2.48. The maximum Gasteiger partial charge on any atom is 0.240 e. The predicted molar refractivity (Wildman–Crippen MR) is 153 cm³/mol. The van der Waals surface area contributed by atoms with Gasteiger partial charge in [0, 0.05) is 17.0 Å². The lowest BCUT2D eigenvalue weighted by Gasteiger charge is -2.25. The average molecular weight is 537 g/mol. The molecular weight excluding hydrogens is 499 g/mol. The van der Waals surface area contributed by atoms with Gasteiger partial charge in [-0.1, -0.05) is 57.5 Å². The van der Waals surface area contributed by atoms with Crippen molar-refractivity contribution in [3.63, 3.8) is 0 Å². The SMILES string of the molecule is CCC(C)NC(=O)CN1C(=O)CSC(c2cccc(F)c2)c2c(C(C)(C)C)nn(-c3ccc(C)cc3C)c21. The van der Waals surface area contributed by atoms with Crippen LogP contribution in [0.1, 0.15) is 74.2 Å². The van der Waals surface area contributed by atoms with Crippen molar-refractivity contribution in [2.75, 3.05) is 17.2 Å². The second-order valence-electron chi connectivity index (χ2n) is 11.1. The van der Waals surface area contributed by atoms with Gasteiger partial charge in [0.2, 0.25) is 11.8 Å². The Kier molecular flexibility index (Phi) is 8.02. The first kappa shape index (κ1) is 27.9. The molecule has 0 aliphatic carbocycles. The molecule has 2 unspecified atom stereocenters. The van der Waals surface area contributed by atoms with E-state index in [1.807, 2.05) is 50.6 Å². The molecule has 4 rings (SSSR count). The van der Waals surface area contributed by atoms with Crippen molar-refractivity contribution < 1.29 is 14.0 Å². The monoisotopic (exact) mass is 536 g/mol. The first-order chi connectivity index (χ1) is 17.9. The molecule has 0 radical (unpaired) electrons. The second kappa shape index (κ2) is 10.9. The number of aryl methyl sites for hydroxylation is 2. The van der Waals surface area contributed by atoms with Gasteiger partial charge in [0.05, 0.1) is 22.4 Å². The number of benzene rings is 2. The molecule has 1 aromatic heterocycles. The second-order valence-corrected chi connectivity index (χ2v) is 12.2. The van der Waals surface area contributed by atoms with Gasteiger partial charge < -0.3 is 5.32 Å². The number of hydrogen-bond acceptors (Lipinski definition) is 4. The van der Waals surface area contributed by atoms with Gasteiger partial charge in [-0.05, 0) is 56.5 Å². The van der Waals surface area contributed by atoms with E-state index in [0.29, 0.717) is 5.82 Å². The number of amides is 2. The molecule has 0 spiro atoms. The number of nitrogens with zero attached hydrogens (tertiary/aromatic N) is 3. The Morgan fingerprint density at radius 2 is 1.95 bits per heavy atom. The van der Waals surface area contributed by atoms with Crippen molar-refractivity contribution in [1.29, 1.82) is 0 Å². The lowest BCUT2D eigenvalue weighted by molar-refractivity contribution is -0.123. The van der Waals surface area contributed by atoms with E-state index in [1.54, 1.807) is 11.0 Å². The summed E-state index contributed by atoms with van der Waals surface area (Å²) in [5.74, 6) is -0.00274. The van der Waals surface area contributed by atoms with Crippen LogP contribution in [0.2, 0.25) is 0 Å². The summed E-state index contributed by atoms with van der Waals surface area (Å²) < 4.78 is 16.2. The van der Waals surface area contributed by atoms with Crippen LogP contribution in [0.3, 0.4) is 0 Å². The topological polar surface area (TPSA) is 67.2 Å². The summed E-state index contributed by atoms with van der Waals surface area (Å²) in [4.78, 5) is 28.4. The van der Waals surface area contributed by atoms with Crippen LogP contribution in [0.15, 0.2) is 42.5 Å². The maximum atomic E-state index is 14.4. The minimum atomic E-state index is -0.377. The molecule has 1 N–H and O–H groups in total. The van der Waals surface area contributed by atoms with Crippen molar-refractivity contribution in [2.45, 2.75) is 71.6 Å². The zero-order valence-corrected chi connectivity index (χ0v) is 24.1. The van der Waals surface area contributed by atoms with E-state index in [2.05, 4.69) is 32.2 Å². The van der Waals surface area contributed by atoms with Crippen LogP contribution < -0.4 is 10.2 Å². The molecule has 2 aromatic carbocycles. The number of fused-ring (bicyclic) bond motifs is 1. The number of carbonyl (C=O) groups excluding carboxylic acids is 2. The summed E-state index contributed by atoms with van der Waals surface area (Å²) >= 11 is 1.45. The molecule has 1 aliphatic rings. The van der Waals surface area contributed by atoms with Crippen LogP contribution in [-0.2, 0) is 15.0 Å². The van der Waals surface area contributed by atoms with Crippen LogP contribution in [0, 0.1) is 19.7 Å². The van der Waals surface area contributed by atoms with E-state index < -0.39 is 0 Å². The quantitative estimate of drug-likeness (QED) is 0.419. The van der Waals surface area contributed by atoms with E-state index in [-0.39, 0.29) is 46.6 Å². The summed E-state index contributed by atoms with van der Waals surface area (Å²) in [6.45, 7) is 14.1. The first-order valence-corrected chi connectivity index (χ1v) is 14.1. The number of anilines is 1. The van der Waals surface area contributed by atoms with E-state index in [1.165, 1.54) is 23.9 Å². The number of rotatable bonds is 6. The van der Waals surface area contributed by atoms with Gasteiger partial charge in [0.15, 0.2) is 0 Å². The van der Waals surface area contributed by atoms with Crippen LogP contribution >= 0.6 is 11.8 Å². The van der Waals surface area contributed by atoms with Crippen molar-refractivity contribution in [1.82, 2.24) is 15.1 Å². The standard InChI is InChI=1S/C30H37FN4O2S/c1-8-20(4)32-24(36)16-34-25(37)17-38-27(21-10-9-11-22(31)15-21)26-28(30(5,6)7)33-35(29(26)34)23-13-12-18(2)14-19(23)3/h9-15,20,27H,8,16-17H2,1-7H3,(H,32,36). The molecule has 6 nitrogen and oxygen atoms in total. The summed E-state index contributed by atoms with van der Waals surface area (Å²) in [5.41, 5.74) is 5.01. The number of halogens is 1. The van der Waals surface area contributed by atoms with Crippen molar-refractivity contribution >= 4 is 29.4 Å². The third-order valence-electron chi connectivity index (χ3n) is 6.85. The fourth-order valence-electron chi connectivity index (χ4n) is 4.78. The minimum Gasteiger partial charge on any atom is -0.352 e. The summed E-state index contributed by atoms with van der Waals surface area (Å²) in [5, 5.41) is 7.78. The van der Waals surface area contributed by atoms with Gasteiger partial charge in [-0.25, -0.2) is 9.07 Å². The molecular formula is C30H37FN4O2S. The molecule has 0 fully saturated rings. The zero-order valence-electron chi connectivity index (χ0n) is 23.3. The molecule has 2 atom stereocenters. The van der Waals surface area contributed by atoms with Crippen LogP contribution in [0.4, 0.5) is 10.2 Å². The van der Waals surface area contributed by atoms with Crippen molar-refractivity contribution in [2.24, 2.45) is 0 Å². The molecule has 0 saturated carbocycles. The van der Waals surface area contributed by atoms with E-state index in [4.69, 9.17) is 5.10 Å². The van der Waals surface area contributed by atoms with Gasteiger partial charge in [-0.2, -0.15) is 5.10 Å². The Morgan fingerprint density at radius 1 is 1.21 bits per heavy atom. The summed E-state index contributed by atoms with van der Waals surface area (Å²) in [6, 6.07) is 12.6. The highest BCUT2D eigenvalue weighted by Gasteiger charge is 2.40. The lowest BCUT2D eigenvalue weighted by Crippen LogP contribution is -2.44. The van der Waals surface area contributed by atoms with Gasteiger partial charge in [-0.15, -0.1) is 11.8 Å². The van der Waals surface area contributed by atoms with E-state index >= 15 is 0 Å². The molecule has 1 aliphatic heterocycles. The molecule has 8 heteroatoms.